The van der Waals surface area contributed by atoms with E-state index in [-0.39, 0.29) is 18.4 Å². The Bertz CT molecular complexity index is 496. The molecular formula is C11H11FN2O2. The lowest BCUT2D eigenvalue weighted by molar-refractivity contribution is 0.328. The van der Waals surface area contributed by atoms with E-state index >= 15 is 0 Å². The van der Waals surface area contributed by atoms with Crippen LogP contribution in [0.25, 0.3) is 0 Å². The highest BCUT2D eigenvalue weighted by molar-refractivity contribution is 5.34. The molecule has 4 nitrogen and oxygen atoms in total. The number of nitrogens with zero attached hydrogens (tertiary/aromatic N) is 1. The zero-order valence-corrected chi connectivity index (χ0v) is 8.74. The molecule has 0 amide bonds. The summed E-state index contributed by atoms with van der Waals surface area (Å²) in [5, 5.41) is 0. The predicted molar refractivity (Wildman–Crippen MR) is 55.6 cm³/mol. The molecule has 1 aromatic carbocycles. The topological polar surface area (TPSA) is 61.3 Å². The van der Waals surface area contributed by atoms with Crippen molar-refractivity contribution in [3.8, 4) is 11.8 Å². The van der Waals surface area contributed by atoms with Crippen molar-refractivity contribution >= 4 is 0 Å². The summed E-state index contributed by atoms with van der Waals surface area (Å²) in [6, 6.07) is 4.27. The Labute approximate surface area is 91.9 Å². The van der Waals surface area contributed by atoms with Gasteiger partial charge < -0.3 is 14.9 Å². The quantitative estimate of drug-likeness (QED) is 0.866. The third kappa shape index (κ3) is 2.20. The summed E-state index contributed by atoms with van der Waals surface area (Å²) in [7, 11) is 0. The van der Waals surface area contributed by atoms with Crippen LogP contribution in [0.5, 0.6) is 11.8 Å². The van der Waals surface area contributed by atoms with Crippen LogP contribution in [-0.4, -0.2) is 4.98 Å². The second-order valence-electron chi connectivity index (χ2n) is 3.32. The molecule has 0 aliphatic carbocycles. The molecule has 0 spiro atoms. The summed E-state index contributed by atoms with van der Waals surface area (Å²) in [5.41, 5.74) is 6.76. The van der Waals surface area contributed by atoms with Crippen LogP contribution in [0.1, 0.15) is 11.3 Å². The normalized spacial score (nSPS) is 10.4. The second-order valence-corrected chi connectivity index (χ2v) is 3.32. The third-order valence-corrected chi connectivity index (χ3v) is 2.09. The monoisotopic (exact) mass is 222 g/mol. The Morgan fingerprint density at radius 1 is 1.50 bits per heavy atom. The van der Waals surface area contributed by atoms with Gasteiger partial charge in [-0.25, -0.2) is 4.39 Å². The van der Waals surface area contributed by atoms with Crippen molar-refractivity contribution in [1.29, 1.82) is 0 Å². The number of aryl methyl sites for hydroxylation is 1. The van der Waals surface area contributed by atoms with Gasteiger partial charge in [0.25, 0.3) is 0 Å². The van der Waals surface area contributed by atoms with E-state index in [0.29, 0.717) is 11.4 Å². The molecule has 0 unspecified atom stereocenters. The molecule has 0 atom stereocenters. The fraction of sp³-hybridized carbons (Fsp3) is 0.182. The van der Waals surface area contributed by atoms with E-state index < -0.39 is 0 Å². The molecule has 1 heterocycles. The Morgan fingerprint density at radius 3 is 3.00 bits per heavy atom. The molecule has 2 N–H and O–H groups in total. The van der Waals surface area contributed by atoms with Crippen molar-refractivity contribution < 1.29 is 13.5 Å². The van der Waals surface area contributed by atoms with Crippen molar-refractivity contribution in [1.82, 2.24) is 4.98 Å². The molecule has 0 fully saturated rings. The maximum atomic E-state index is 13.0. The van der Waals surface area contributed by atoms with Crippen LogP contribution in [0, 0.1) is 12.7 Å². The molecule has 0 aliphatic heterocycles. The van der Waals surface area contributed by atoms with Gasteiger partial charge in [-0.3, -0.25) is 0 Å². The van der Waals surface area contributed by atoms with E-state index in [1.807, 2.05) is 6.92 Å². The zero-order valence-electron chi connectivity index (χ0n) is 8.74. The van der Waals surface area contributed by atoms with Crippen molar-refractivity contribution in [3.63, 3.8) is 0 Å². The molecule has 2 aromatic rings. The standard InChI is InChI=1S/C11H11FN2O2/c1-7-2-3-8(12)4-10(7)16-11-14-9(5-13)6-15-11/h2-4,6H,5,13H2,1H3. The molecule has 1 aromatic heterocycles. The largest absolute Gasteiger partial charge is 0.417 e. The molecule has 0 aliphatic rings. The molecule has 84 valence electrons. The van der Waals surface area contributed by atoms with Crippen LogP contribution in [0.15, 0.2) is 28.9 Å². The van der Waals surface area contributed by atoms with Crippen molar-refractivity contribution in [2.75, 3.05) is 0 Å². The Hall–Kier alpha value is -1.88. The summed E-state index contributed by atoms with van der Waals surface area (Å²) in [5.74, 6) is 0.0108. The van der Waals surface area contributed by atoms with E-state index in [0.717, 1.165) is 5.56 Å². The fourth-order valence-corrected chi connectivity index (χ4v) is 1.21. The van der Waals surface area contributed by atoms with E-state index in [4.69, 9.17) is 14.9 Å². The Kier molecular flexibility index (Phi) is 2.87. The van der Waals surface area contributed by atoms with Gasteiger partial charge in [0.2, 0.25) is 0 Å². The van der Waals surface area contributed by atoms with E-state index in [9.17, 15) is 4.39 Å². The van der Waals surface area contributed by atoms with Crippen molar-refractivity contribution in [2.45, 2.75) is 13.5 Å². The molecule has 2 rings (SSSR count). The number of halogens is 1. The van der Waals surface area contributed by atoms with Gasteiger partial charge in [0.1, 0.15) is 17.8 Å². The lowest BCUT2D eigenvalue weighted by atomic mass is 10.2. The molecular weight excluding hydrogens is 211 g/mol. The van der Waals surface area contributed by atoms with Crippen LogP contribution >= 0.6 is 0 Å². The van der Waals surface area contributed by atoms with Crippen LogP contribution in [0.4, 0.5) is 4.39 Å². The summed E-state index contributed by atoms with van der Waals surface area (Å²) < 4.78 is 23.3. The zero-order chi connectivity index (χ0) is 11.5. The predicted octanol–water partition coefficient (Wildman–Crippen LogP) is 2.37. The Morgan fingerprint density at radius 2 is 2.31 bits per heavy atom. The Balaban J connectivity index is 2.22. The number of nitrogens with two attached hydrogens (primary N) is 1. The second kappa shape index (κ2) is 4.32. The van der Waals surface area contributed by atoms with E-state index in [1.54, 1.807) is 6.07 Å². The molecule has 0 saturated heterocycles. The molecule has 0 radical (unpaired) electrons. The van der Waals surface area contributed by atoms with Gasteiger partial charge in [-0.05, 0) is 18.6 Å². The number of oxazole rings is 1. The number of hydrogen-bond acceptors (Lipinski definition) is 4. The van der Waals surface area contributed by atoms with Gasteiger partial charge in [-0.15, -0.1) is 0 Å². The van der Waals surface area contributed by atoms with Crippen LogP contribution in [0.3, 0.4) is 0 Å². The fourth-order valence-electron chi connectivity index (χ4n) is 1.21. The first-order chi connectivity index (χ1) is 7.69. The van der Waals surface area contributed by atoms with Crippen LogP contribution in [-0.2, 0) is 6.54 Å². The summed E-state index contributed by atoms with van der Waals surface area (Å²) >= 11 is 0. The SMILES string of the molecule is Cc1ccc(F)cc1Oc1nc(CN)co1. The minimum absolute atomic E-state index is 0.0640. The first kappa shape index (κ1) is 10.6. The summed E-state index contributed by atoms with van der Waals surface area (Å²) in [6.45, 7) is 2.08. The molecule has 16 heavy (non-hydrogen) atoms. The van der Waals surface area contributed by atoms with Gasteiger partial charge in [0.05, 0.1) is 5.69 Å². The van der Waals surface area contributed by atoms with Gasteiger partial charge in [-0.1, -0.05) is 6.07 Å². The number of benzene rings is 1. The minimum atomic E-state index is -0.369. The number of hydrogen-bond donors (Lipinski definition) is 1. The third-order valence-electron chi connectivity index (χ3n) is 2.09. The first-order valence-corrected chi connectivity index (χ1v) is 4.77. The van der Waals surface area contributed by atoms with E-state index in [1.165, 1.54) is 18.4 Å². The smallest absolute Gasteiger partial charge is 0.399 e. The summed E-state index contributed by atoms with van der Waals surface area (Å²) in [4.78, 5) is 3.96. The summed E-state index contributed by atoms with van der Waals surface area (Å²) in [6.07, 6.45) is 1.47. The van der Waals surface area contributed by atoms with Gasteiger partial charge in [0.15, 0.2) is 0 Å². The lowest BCUT2D eigenvalue weighted by Crippen LogP contribution is -1.96. The highest BCUT2D eigenvalue weighted by atomic mass is 19.1. The molecule has 5 heteroatoms. The van der Waals surface area contributed by atoms with Crippen LogP contribution < -0.4 is 10.5 Å². The van der Waals surface area contributed by atoms with Crippen LogP contribution in [0.2, 0.25) is 0 Å². The maximum absolute atomic E-state index is 13.0. The number of ether oxygens (including phenoxy) is 1. The molecule has 0 saturated carbocycles. The number of aromatic nitrogens is 1. The van der Waals surface area contributed by atoms with E-state index in [2.05, 4.69) is 4.98 Å². The maximum Gasteiger partial charge on any atom is 0.399 e. The van der Waals surface area contributed by atoms with Gasteiger partial charge in [0, 0.05) is 12.6 Å². The first-order valence-electron chi connectivity index (χ1n) is 4.77. The van der Waals surface area contributed by atoms with Crippen molar-refractivity contribution in [3.05, 3.63) is 41.5 Å². The number of rotatable bonds is 3. The molecule has 0 bridgehead atoms. The average molecular weight is 222 g/mol. The van der Waals surface area contributed by atoms with Crippen molar-refractivity contribution in [2.24, 2.45) is 5.73 Å². The highest BCUT2D eigenvalue weighted by Crippen LogP contribution is 2.24. The lowest BCUT2D eigenvalue weighted by Gasteiger charge is -2.03. The minimum Gasteiger partial charge on any atom is -0.417 e. The van der Waals surface area contributed by atoms with Gasteiger partial charge in [-0.2, -0.15) is 4.98 Å². The average Bonchev–Trinajstić information content (AvgIpc) is 2.71. The van der Waals surface area contributed by atoms with Gasteiger partial charge >= 0.3 is 6.08 Å². The highest BCUT2D eigenvalue weighted by Gasteiger charge is 2.08.